The average molecular weight is 468 g/mol. The first kappa shape index (κ1) is 24.4. The summed E-state index contributed by atoms with van der Waals surface area (Å²) >= 11 is 0. The second kappa shape index (κ2) is 11.6. The van der Waals surface area contributed by atoms with Crippen molar-refractivity contribution >= 4 is 17.5 Å². The van der Waals surface area contributed by atoms with Crippen LogP contribution in [0, 0.1) is 17.7 Å². The highest BCUT2D eigenvalue weighted by atomic mass is 19.1. The number of piperidine rings is 1. The van der Waals surface area contributed by atoms with Crippen molar-refractivity contribution in [3.8, 4) is 0 Å². The molecule has 0 aliphatic carbocycles. The molecule has 2 fully saturated rings. The van der Waals surface area contributed by atoms with Crippen molar-refractivity contribution < 1.29 is 18.7 Å². The third kappa shape index (κ3) is 6.87. The number of amides is 2. The number of Topliss-reactive ketones (excluding diaryl/α,β-unsaturated/α-hetero) is 1. The number of ketones is 1. The van der Waals surface area contributed by atoms with Gasteiger partial charge in [-0.1, -0.05) is 24.3 Å². The topological polar surface area (TPSA) is 70.7 Å². The van der Waals surface area contributed by atoms with Gasteiger partial charge in [-0.3, -0.25) is 4.79 Å². The maximum Gasteiger partial charge on any atom is 0.319 e. The van der Waals surface area contributed by atoms with E-state index >= 15 is 0 Å². The predicted octanol–water partition coefficient (Wildman–Crippen LogP) is 4.51. The molecule has 0 radical (unpaired) electrons. The molecular weight excluding hydrogens is 433 g/mol. The molecule has 3 atom stereocenters. The third-order valence-corrected chi connectivity index (χ3v) is 6.85. The number of halogens is 1. The van der Waals surface area contributed by atoms with E-state index in [1.54, 1.807) is 24.3 Å². The number of carbonyl (C=O) groups excluding carboxylic acids is 2. The molecule has 2 heterocycles. The summed E-state index contributed by atoms with van der Waals surface area (Å²) in [7, 11) is 0. The van der Waals surface area contributed by atoms with E-state index < -0.39 is 0 Å². The second-order valence-electron chi connectivity index (χ2n) is 9.56. The molecule has 2 aromatic carbocycles. The van der Waals surface area contributed by atoms with Gasteiger partial charge in [0.1, 0.15) is 5.82 Å². The Morgan fingerprint density at radius 2 is 1.97 bits per heavy atom. The molecule has 34 heavy (non-hydrogen) atoms. The summed E-state index contributed by atoms with van der Waals surface area (Å²) in [6, 6.07) is 13.6. The lowest BCUT2D eigenvalue weighted by Gasteiger charge is -2.39. The molecule has 0 saturated carbocycles. The number of hydrogen-bond donors (Lipinski definition) is 2. The maximum absolute atomic E-state index is 13.2. The molecule has 0 bridgehead atoms. The van der Waals surface area contributed by atoms with Gasteiger partial charge in [0.15, 0.2) is 5.78 Å². The Morgan fingerprint density at radius 3 is 2.76 bits per heavy atom. The van der Waals surface area contributed by atoms with Crippen molar-refractivity contribution in [2.75, 3.05) is 38.2 Å². The minimum absolute atomic E-state index is 0.0298. The van der Waals surface area contributed by atoms with E-state index in [4.69, 9.17) is 4.74 Å². The van der Waals surface area contributed by atoms with Crippen LogP contribution in [0.2, 0.25) is 0 Å². The first-order valence-corrected chi connectivity index (χ1v) is 12.2. The summed E-state index contributed by atoms with van der Waals surface area (Å²) in [6.45, 7) is 5.71. The fourth-order valence-corrected chi connectivity index (χ4v) is 5.09. The minimum Gasteiger partial charge on any atom is -0.381 e. The molecule has 0 spiro atoms. The van der Waals surface area contributed by atoms with Gasteiger partial charge in [0.05, 0.1) is 6.61 Å². The Hall–Kier alpha value is -2.77. The molecule has 182 valence electrons. The quantitative estimate of drug-likeness (QED) is 0.588. The molecule has 0 aromatic heterocycles. The van der Waals surface area contributed by atoms with E-state index in [-0.39, 0.29) is 29.6 Å². The summed E-state index contributed by atoms with van der Waals surface area (Å²) in [5.74, 6) is 0.535. The number of anilines is 1. The largest absolute Gasteiger partial charge is 0.381 e. The van der Waals surface area contributed by atoms with Gasteiger partial charge in [0.2, 0.25) is 0 Å². The van der Waals surface area contributed by atoms with Crippen LogP contribution in [0.3, 0.4) is 0 Å². The lowest BCUT2D eigenvalue weighted by atomic mass is 9.89. The number of likely N-dealkylation sites (tertiary alicyclic amines) is 1. The van der Waals surface area contributed by atoms with Crippen LogP contribution in [0.25, 0.3) is 0 Å². The highest BCUT2D eigenvalue weighted by Crippen LogP contribution is 2.24. The smallest absolute Gasteiger partial charge is 0.319 e. The van der Waals surface area contributed by atoms with Gasteiger partial charge in [-0.05, 0) is 74.9 Å². The predicted molar refractivity (Wildman–Crippen MR) is 131 cm³/mol. The van der Waals surface area contributed by atoms with Crippen LogP contribution < -0.4 is 10.6 Å². The van der Waals surface area contributed by atoms with E-state index in [0.29, 0.717) is 30.4 Å². The molecule has 2 amide bonds. The number of hydrogen-bond acceptors (Lipinski definition) is 4. The highest BCUT2D eigenvalue weighted by molar-refractivity contribution is 5.96. The molecular formula is C27H34FN3O3. The zero-order valence-electron chi connectivity index (χ0n) is 19.8. The Morgan fingerprint density at radius 1 is 1.15 bits per heavy atom. The first-order valence-electron chi connectivity index (χ1n) is 12.2. The normalized spacial score (nSPS) is 23.3. The standard InChI is InChI=1S/C27H34FN3O3/c1-19(32)22-5-2-6-25(15-22)29-27(33)30-26-11-13-34-18-23(26)17-31-12-3-4-21(16-31)14-20-7-9-24(28)10-8-20/h2,5-10,15,21,23,26H,3-4,11-14,16-18H2,1H3,(H2,29,30,33)/t21?,23-,26+/m0/s1. The Labute approximate surface area is 200 Å². The van der Waals surface area contributed by atoms with Crippen LogP contribution in [0.1, 0.15) is 42.1 Å². The van der Waals surface area contributed by atoms with Crippen LogP contribution in [-0.4, -0.2) is 55.6 Å². The zero-order valence-corrected chi connectivity index (χ0v) is 19.8. The van der Waals surface area contributed by atoms with Gasteiger partial charge in [-0.25, -0.2) is 9.18 Å². The van der Waals surface area contributed by atoms with E-state index in [1.165, 1.54) is 31.0 Å². The van der Waals surface area contributed by atoms with E-state index in [1.807, 2.05) is 12.1 Å². The van der Waals surface area contributed by atoms with Crippen LogP contribution in [0.5, 0.6) is 0 Å². The zero-order chi connectivity index (χ0) is 23.9. The molecule has 4 rings (SSSR count). The molecule has 2 aromatic rings. The van der Waals surface area contributed by atoms with Gasteiger partial charge in [-0.2, -0.15) is 0 Å². The van der Waals surface area contributed by atoms with Crippen LogP contribution in [-0.2, 0) is 11.2 Å². The Kier molecular flexibility index (Phi) is 8.29. The number of ether oxygens (including phenoxy) is 1. The number of carbonyl (C=O) groups is 2. The van der Waals surface area contributed by atoms with Crippen molar-refractivity contribution in [1.82, 2.24) is 10.2 Å². The number of nitrogens with zero attached hydrogens (tertiary/aromatic N) is 1. The summed E-state index contributed by atoms with van der Waals surface area (Å²) in [4.78, 5) is 26.8. The van der Waals surface area contributed by atoms with Crippen molar-refractivity contribution in [3.63, 3.8) is 0 Å². The Balaban J connectivity index is 1.30. The molecule has 2 saturated heterocycles. The van der Waals surface area contributed by atoms with Crippen molar-refractivity contribution in [2.24, 2.45) is 11.8 Å². The molecule has 7 heteroatoms. The average Bonchev–Trinajstić information content (AvgIpc) is 2.82. The lowest BCUT2D eigenvalue weighted by Crippen LogP contribution is -2.51. The summed E-state index contributed by atoms with van der Waals surface area (Å²) in [5, 5.41) is 6.00. The third-order valence-electron chi connectivity index (χ3n) is 6.85. The van der Waals surface area contributed by atoms with Crippen molar-refractivity contribution in [3.05, 3.63) is 65.5 Å². The van der Waals surface area contributed by atoms with Gasteiger partial charge in [0.25, 0.3) is 0 Å². The second-order valence-corrected chi connectivity index (χ2v) is 9.56. The van der Waals surface area contributed by atoms with Crippen LogP contribution in [0.15, 0.2) is 48.5 Å². The fraction of sp³-hybridized carbons (Fsp3) is 0.481. The molecule has 6 nitrogen and oxygen atoms in total. The number of nitrogens with one attached hydrogen (secondary N) is 2. The highest BCUT2D eigenvalue weighted by Gasteiger charge is 2.30. The number of benzene rings is 2. The molecule has 2 aliphatic heterocycles. The molecule has 1 unspecified atom stereocenters. The monoisotopic (exact) mass is 467 g/mol. The molecule has 2 aliphatic rings. The van der Waals surface area contributed by atoms with E-state index in [2.05, 4.69) is 15.5 Å². The van der Waals surface area contributed by atoms with E-state index in [0.717, 1.165) is 38.9 Å². The van der Waals surface area contributed by atoms with Gasteiger partial charge in [-0.15, -0.1) is 0 Å². The maximum atomic E-state index is 13.2. The van der Waals surface area contributed by atoms with Gasteiger partial charge in [0, 0.05) is 42.9 Å². The van der Waals surface area contributed by atoms with Crippen molar-refractivity contribution in [2.45, 2.75) is 38.6 Å². The van der Waals surface area contributed by atoms with Gasteiger partial charge < -0.3 is 20.3 Å². The molecule has 2 N–H and O–H groups in total. The van der Waals surface area contributed by atoms with Crippen LogP contribution in [0.4, 0.5) is 14.9 Å². The van der Waals surface area contributed by atoms with Crippen molar-refractivity contribution in [1.29, 1.82) is 0 Å². The summed E-state index contributed by atoms with van der Waals surface area (Å²) in [6.07, 6.45) is 4.06. The number of urea groups is 1. The van der Waals surface area contributed by atoms with Crippen LogP contribution >= 0.6 is 0 Å². The summed E-state index contributed by atoms with van der Waals surface area (Å²) < 4.78 is 19.0. The Bertz CT molecular complexity index is 981. The lowest BCUT2D eigenvalue weighted by molar-refractivity contribution is 0.0134. The fourth-order valence-electron chi connectivity index (χ4n) is 5.09. The van der Waals surface area contributed by atoms with E-state index in [9.17, 15) is 14.0 Å². The van der Waals surface area contributed by atoms with Gasteiger partial charge >= 0.3 is 6.03 Å². The minimum atomic E-state index is -0.259. The first-order chi connectivity index (χ1) is 16.5. The SMILES string of the molecule is CC(=O)c1cccc(NC(=O)N[C@@H]2CCOC[C@@H]2CN2CCCC(Cc3ccc(F)cc3)C2)c1. The number of rotatable bonds is 7. The summed E-state index contributed by atoms with van der Waals surface area (Å²) in [5.41, 5.74) is 2.36.